The monoisotopic (exact) mass is 178 g/mol. The molecule has 0 saturated carbocycles. The first kappa shape index (κ1) is 11.1. The lowest BCUT2D eigenvalue weighted by molar-refractivity contribution is -0.280. The molecule has 0 aliphatic heterocycles. The van der Waals surface area contributed by atoms with Crippen LogP contribution in [0, 0.1) is 0 Å². The third kappa shape index (κ3) is 4.49. The van der Waals surface area contributed by atoms with E-state index in [-0.39, 0.29) is 0 Å². The average Bonchev–Trinajstić information content (AvgIpc) is 2.03. The van der Waals surface area contributed by atoms with E-state index in [9.17, 15) is 0 Å². The van der Waals surface area contributed by atoms with Crippen LogP contribution in [0.15, 0.2) is 0 Å². The second kappa shape index (κ2) is 6.75. The zero-order chi connectivity index (χ0) is 8.69. The average molecular weight is 178 g/mol. The molecule has 0 aromatic rings. The minimum Gasteiger partial charge on any atom is -0.330 e. The third-order valence-electron chi connectivity index (χ3n) is 1.55. The van der Waals surface area contributed by atoms with Gasteiger partial charge in [-0.25, -0.2) is 0 Å². The summed E-state index contributed by atoms with van der Waals surface area (Å²) >= 11 is 0. The summed E-state index contributed by atoms with van der Waals surface area (Å²) in [5.74, 6) is 0. The first-order valence-electron chi connectivity index (χ1n) is 3.83. The maximum absolute atomic E-state index is 5.38. The molecule has 11 heavy (non-hydrogen) atoms. The summed E-state index contributed by atoms with van der Waals surface area (Å²) in [4.78, 5) is 11.6. The topological polar surface area (TPSA) is 47.7 Å². The Morgan fingerprint density at radius 3 is 2.27 bits per heavy atom. The Morgan fingerprint density at radius 1 is 1.36 bits per heavy atom. The van der Waals surface area contributed by atoms with Crippen LogP contribution in [-0.4, -0.2) is 34.6 Å². The summed E-state index contributed by atoms with van der Waals surface area (Å²) in [7, 11) is 2.22. The fraction of sp³-hybridized carbons (Fsp3) is 1.00. The lowest BCUT2D eigenvalue weighted by Gasteiger charge is -2.22. The lowest BCUT2D eigenvalue weighted by Crippen LogP contribution is -2.35. The van der Waals surface area contributed by atoms with Crippen LogP contribution in [0.5, 0.6) is 0 Å². The third-order valence-corrected chi connectivity index (χ3v) is 3.93. The summed E-state index contributed by atoms with van der Waals surface area (Å²) in [6.45, 7) is 2.92. The van der Waals surface area contributed by atoms with Crippen LogP contribution in [0.25, 0.3) is 0 Å². The number of hydrogen-bond acceptors (Lipinski definition) is 4. The first-order valence-corrected chi connectivity index (χ1v) is 6.32. The van der Waals surface area contributed by atoms with Crippen LogP contribution in [0.1, 0.15) is 6.42 Å². The zero-order valence-corrected chi connectivity index (χ0v) is 8.69. The van der Waals surface area contributed by atoms with E-state index in [0.29, 0.717) is 0 Å². The van der Waals surface area contributed by atoms with Crippen molar-refractivity contribution in [1.82, 2.24) is 4.89 Å². The Balaban J connectivity index is 3.51. The maximum Gasteiger partial charge on any atom is 0.179 e. The quantitative estimate of drug-likeness (QED) is 0.463. The molecule has 0 amide bonds. The van der Waals surface area contributed by atoms with Gasteiger partial charge in [-0.15, -0.1) is 4.89 Å². The van der Waals surface area contributed by atoms with Crippen LogP contribution in [-0.2, 0) is 9.68 Å². The van der Waals surface area contributed by atoms with E-state index in [1.807, 2.05) is 0 Å². The molecule has 0 fully saturated rings. The van der Waals surface area contributed by atoms with Crippen molar-refractivity contribution in [3.8, 4) is 0 Å². The van der Waals surface area contributed by atoms with Crippen LogP contribution >= 0.6 is 0 Å². The molecule has 0 aromatic carbocycles. The largest absolute Gasteiger partial charge is 0.330 e. The molecule has 0 rings (SSSR count). The van der Waals surface area contributed by atoms with Crippen LogP contribution in [0.3, 0.4) is 0 Å². The minimum absolute atomic E-state index is 0.749. The zero-order valence-electron chi connectivity index (χ0n) is 7.54. The number of nitrogens with two attached hydrogens (primary N) is 1. The van der Waals surface area contributed by atoms with Crippen molar-refractivity contribution in [2.45, 2.75) is 19.0 Å². The van der Waals surface area contributed by atoms with Gasteiger partial charge in [0.05, 0.1) is 14.2 Å². The summed E-state index contributed by atoms with van der Waals surface area (Å²) < 4.78 is 0. The Bertz CT molecular complexity index is 90.7. The molecule has 0 aromatic heterocycles. The fourth-order valence-corrected chi connectivity index (χ4v) is 2.71. The van der Waals surface area contributed by atoms with Gasteiger partial charge in [-0.2, -0.15) is 0 Å². The number of hydrogen-bond donors (Lipinski definition) is 1. The van der Waals surface area contributed by atoms with Crippen molar-refractivity contribution < 1.29 is 9.68 Å². The van der Waals surface area contributed by atoms with Crippen molar-refractivity contribution in [3.05, 3.63) is 0 Å². The van der Waals surface area contributed by atoms with E-state index < -0.39 is 8.96 Å². The van der Waals surface area contributed by atoms with Crippen molar-refractivity contribution >= 4 is 8.96 Å². The van der Waals surface area contributed by atoms with Gasteiger partial charge in [0.2, 0.25) is 0 Å². The molecular formula is C6H18N2O2Si. The number of rotatable bonds is 6. The van der Waals surface area contributed by atoms with Gasteiger partial charge in [0.15, 0.2) is 8.96 Å². The van der Waals surface area contributed by atoms with E-state index >= 15 is 0 Å². The molecule has 0 bridgehead atoms. The van der Waals surface area contributed by atoms with Gasteiger partial charge in [0.25, 0.3) is 0 Å². The van der Waals surface area contributed by atoms with E-state index in [4.69, 9.17) is 15.4 Å². The lowest BCUT2D eigenvalue weighted by atomic mass is 10.5. The Hall–Kier alpha value is 0.0569. The molecule has 0 radical (unpaired) electrons. The molecule has 1 unspecified atom stereocenters. The van der Waals surface area contributed by atoms with Crippen molar-refractivity contribution in [2.75, 3.05) is 20.8 Å². The molecule has 1 atom stereocenters. The van der Waals surface area contributed by atoms with Crippen LogP contribution in [0.2, 0.25) is 12.6 Å². The fourth-order valence-electron chi connectivity index (χ4n) is 0.953. The molecule has 0 saturated heterocycles. The molecule has 4 nitrogen and oxygen atoms in total. The minimum atomic E-state index is -1.03. The second-order valence-electron chi connectivity index (χ2n) is 2.43. The summed E-state index contributed by atoms with van der Waals surface area (Å²) in [6.07, 6.45) is 1.05. The van der Waals surface area contributed by atoms with Crippen molar-refractivity contribution in [3.63, 3.8) is 0 Å². The molecule has 2 N–H and O–H groups in total. The van der Waals surface area contributed by atoms with Gasteiger partial charge in [-0.3, -0.25) is 9.68 Å². The molecule has 68 valence electrons. The van der Waals surface area contributed by atoms with E-state index in [2.05, 4.69) is 6.55 Å². The molecular weight excluding hydrogens is 160 g/mol. The molecule has 0 spiro atoms. The molecule has 0 heterocycles. The number of nitrogens with zero attached hydrogens (tertiary/aromatic N) is 1. The van der Waals surface area contributed by atoms with Gasteiger partial charge >= 0.3 is 0 Å². The highest BCUT2D eigenvalue weighted by Gasteiger charge is 2.13. The van der Waals surface area contributed by atoms with Gasteiger partial charge in [0, 0.05) is 0 Å². The SMILES string of the molecule is CON(OC)[SiH](C)CCCN. The summed E-state index contributed by atoms with van der Waals surface area (Å²) in [5.41, 5.74) is 5.38. The second-order valence-corrected chi connectivity index (χ2v) is 5.13. The highest BCUT2D eigenvalue weighted by atomic mass is 28.3. The van der Waals surface area contributed by atoms with Crippen molar-refractivity contribution in [1.29, 1.82) is 0 Å². The van der Waals surface area contributed by atoms with Crippen LogP contribution < -0.4 is 5.73 Å². The normalized spacial score (nSPS) is 13.9. The highest BCUT2D eigenvalue weighted by Crippen LogP contribution is 2.02. The first-order chi connectivity index (χ1) is 5.26. The predicted octanol–water partition coefficient (Wildman–Crippen LogP) is 0.114. The highest BCUT2D eigenvalue weighted by molar-refractivity contribution is 6.53. The smallest absolute Gasteiger partial charge is 0.179 e. The van der Waals surface area contributed by atoms with Gasteiger partial charge in [0.1, 0.15) is 0 Å². The Kier molecular flexibility index (Phi) is 6.78. The molecule has 0 aliphatic carbocycles. The predicted molar refractivity (Wildman–Crippen MR) is 47.3 cm³/mol. The van der Waals surface area contributed by atoms with Gasteiger partial charge < -0.3 is 5.73 Å². The van der Waals surface area contributed by atoms with E-state index in [0.717, 1.165) is 19.0 Å². The Morgan fingerprint density at radius 2 is 1.91 bits per heavy atom. The maximum atomic E-state index is 5.38. The van der Waals surface area contributed by atoms with E-state index in [1.165, 1.54) is 0 Å². The Labute approximate surface area is 69.9 Å². The summed E-state index contributed by atoms with van der Waals surface area (Å²) in [5, 5.41) is 0. The van der Waals surface area contributed by atoms with E-state index in [1.54, 1.807) is 19.1 Å². The van der Waals surface area contributed by atoms with Crippen molar-refractivity contribution in [2.24, 2.45) is 5.73 Å². The molecule has 0 aliphatic rings. The molecule has 5 heteroatoms. The van der Waals surface area contributed by atoms with Gasteiger partial charge in [-0.1, -0.05) is 6.55 Å². The summed E-state index contributed by atoms with van der Waals surface area (Å²) in [6, 6.07) is 1.12. The standard InChI is InChI=1S/C6H18N2O2Si/c1-9-8(10-2)11(3)6-4-5-7/h11H,4-7H2,1-3H3. The van der Waals surface area contributed by atoms with Gasteiger partial charge in [-0.05, 0) is 19.0 Å². The van der Waals surface area contributed by atoms with Crippen LogP contribution in [0.4, 0.5) is 0 Å².